The highest BCUT2D eigenvalue weighted by atomic mass is 35.5. The van der Waals surface area contributed by atoms with E-state index in [1.54, 1.807) is 0 Å². The lowest BCUT2D eigenvalue weighted by molar-refractivity contribution is 0.357. The van der Waals surface area contributed by atoms with Crippen LogP contribution in [0.5, 0.6) is 5.75 Å². The molecule has 1 aliphatic heterocycles. The van der Waals surface area contributed by atoms with E-state index in [9.17, 15) is 0 Å². The van der Waals surface area contributed by atoms with Gasteiger partial charge in [0.2, 0.25) is 0 Å². The van der Waals surface area contributed by atoms with Crippen LogP contribution in [-0.2, 0) is 6.42 Å². The molecule has 1 unspecified atom stereocenters. The summed E-state index contributed by atoms with van der Waals surface area (Å²) in [6, 6.07) is 12.1. The van der Waals surface area contributed by atoms with Crippen molar-refractivity contribution in [3.05, 3.63) is 63.7 Å². The summed E-state index contributed by atoms with van der Waals surface area (Å²) in [6.07, 6.45) is 0.953. The van der Waals surface area contributed by atoms with Gasteiger partial charge in [0.15, 0.2) is 0 Å². The van der Waals surface area contributed by atoms with Gasteiger partial charge in [0.25, 0.3) is 0 Å². The summed E-state index contributed by atoms with van der Waals surface area (Å²) >= 11 is 12.9. The standard InChI is InChI=1S/C16H14Cl2O/c1-10-3-2-4-13(15(10)17)16(18)12-5-6-14-11(9-12)7-8-19-14/h2-6,9,16H,7-8H2,1H3. The highest BCUT2D eigenvalue weighted by Gasteiger charge is 2.18. The molecule has 0 N–H and O–H groups in total. The van der Waals surface area contributed by atoms with Crippen LogP contribution >= 0.6 is 23.2 Å². The van der Waals surface area contributed by atoms with Crippen LogP contribution in [0.25, 0.3) is 0 Å². The van der Waals surface area contributed by atoms with Gasteiger partial charge in [0, 0.05) is 11.4 Å². The van der Waals surface area contributed by atoms with Crippen LogP contribution in [-0.4, -0.2) is 6.61 Å². The van der Waals surface area contributed by atoms with Crippen LogP contribution in [0, 0.1) is 6.92 Å². The van der Waals surface area contributed by atoms with Crippen LogP contribution < -0.4 is 4.74 Å². The molecule has 0 radical (unpaired) electrons. The van der Waals surface area contributed by atoms with Crippen molar-refractivity contribution < 1.29 is 4.74 Å². The van der Waals surface area contributed by atoms with Gasteiger partial charge in [-0.3, -0.25) is 0 Å². The Kier molecular flexibility index (Phi) is 3.42. The number of hydrogen-bond acceptors (Lipinski definition) is 1. The number of halogens is 2. The zero-order chi connectivity index (χ0) is 13.4. The third-order valence-electron chi connectivity index (χ3n) is 3.50. The van der Waals surface area contributed by atoms with Crippen LogP contribution in [0.3, 0.4) is 0 Å². The smallest absolute Gasteiger partial charge is 0.122 e. The Hall–Kier alpha value is -1.18. The van der Waals surface area contributed by atoms with Crippen molar-refractivity contribution in [2.45, 2.75) is 18.7 Å². The normalized spacial score (nSPS) is 14.9. The van der Waals surface area contributed by atoms with E-state index in [0.717, 1.165) is 40.5 Å². The number of fused-ring (bicyclic) bond motifs is 1. The first-order chi connectivity index (χ1) is 9.16. The van der Waals surface area contributed by atoms with Crippen molar-refractivity contribution in [3.63, 3.8) is 0 Å². The van der Waals surface area contributed by atoms with E-state index in [2.05, 4.69) is 6.07 Å². The molecule has 0 spiro atoms. The molecule has 3 heteroatoms. The van der Waals surface area contributed by atoms with Crippen LogP contribution in [0.15, 0.2) is 36.4 Å². The molecule has 0 aromatic heterocycles. The molecule has 0 amide bonds. The molecule has 3 rings (SSSR count). The average Bonchev–Trinajstić information content (AvgIpc) is 2.88. The van der Waals surface area contributed by atoms with Gasteiger partial charge < -0.3 is 4.74 Å². The van der Waals surface area contributed by atoms with Crippen LogP contribution in [0.4, 0.5) is 0 Å². The number of ether oxygens (including phenoxy) is 1. The van der Waals surface area contributed by atoms with Gasteiger partial charge in [-0.05, 0) is 35.2 Å². The second-order valence-corrected chi connectivity index (χ2v) is 5.62. The van der Waals surface area contributed by atoms with Crippen molar-refractivity contribution in [1.82, 2.24) is 0 Å². The van der Waals surface area contributed by atoms with E-state index in [1.165, 1.54) is 5.56 Å². The Bertz CT molecular complexity index is 622. The van der Waals surface area contributed by atoms with Crippen LogP contribution in [0.1, 0.15) is 27.6 Å². The third kappa shape index (κ3) is 2.33. The Morgan fingerprint density at radius 3 is 2.89 bits per heavy atom. The predicted molar refractivity (Wildman–Crippen MR) is 79.5 cm³/mol. The summed E-state index contributed by atoms with van der Waals surface area (Å²) in [7, 11) is 0. The highest BCUT2D eigenvalue weighted by Crippen LogP contribution is 2.37. The summed E-state index contributed by atoms with van der Waals surface area (Å²) in [6.45, 7) is 2.75. The van der Waals surface area contributed by atoms with Gasteiger partial charge in [-0.2, -0.15) is 0 Å². The predicted octanol–water partition coefficient (Wildman–Crippen LogP) is 4.91. The molecule has 2 aromatic rings. The maximum absolute atomic E-state index is 6.59. The van der Waals surface area contributed by atoms with Crippen molar-refractivity contribution in [2.24, 2.45) is 0 Å². The lowest BCUT2D eigenvalue weighted by atomic mass is 10.00. The number of rotatable bonds is 2. The van der Waals surface area contributed by atoms with E-state index < -0.39 is 0 Å². The Morgan fingerprint density at radius 1 is 1.21 bits per heavy atom. The van der Waals surface area contributed by atoms with E-state index in [0.29, 0.717) is 0 Å². The van der Waals surface area contributed by atoms with Gasteiger partial charge in [0.05, 0.1) is 12.0 Å². The first-order valence-electron chi connectivity index (χ1n) is 6.31. The Morgan fingerprint density at radius 2 is 2.05 bits per heavy atom. The number of benzene rings is 2. The molecule has 1 atom stereocenters. The molecular weight excluding hydrogens is 279 g/mol. The molecule has 0 aliphatic carbocycles. The Labute approximate surface area is 123 Å². The summed E-state index contributed by atoms with van der Waals surface area (Å²) in [4.78, 5) is 0. The first-order valence-corrected chi connectivity index (χ1v) is 7.13. The minimum Gasteiger partial charge on any atom is -0.493 e. The Balaban J connectivity index is 2.00. The zero-order valence-electron chi connectivity index (χ0n) is 10.6. The molecular formula is C16H14Cl2O. The van der Waals surface area contributed by atoms with E-state index in [4.69, 9.17) is 27.9 Å². The van der Waals surface area contributed by atoms with E-state index in [-0.39, 0.29) is 5.38 Å². The molecule has 0 bridgehead atoms. The van der Waals surface area contributed by atoms with Crippen molar-refractivity contribution in [1.29, 1.82) is 0 Å². The number of aryl methyl sites for hydroxylation is 1. The molecule has 1 nitrogen and oxygen atoms in total. The minimum absolute atomic E-state index is 0.224. The fraction of sp³-hybridized carbons (Fsp3) is 0.250. The van der Waals surface area contributed by atoms with Crippen LogP contribution in [0.2, 0.25) is 5.02 Å². The molecule has 0 fully saturated rings. The summed E-state index contributed by atoms with van der Waals surface area (Å²) in [5.74, 6) is 0.975. The van der Waals surface area contributed by atoms with Gasteiger partial charge in [-0.15, -0.1) is 11.6 Å². The van der Waals surface area contributed by atoms with Crippen molar-refractivity contribution in [2.75, 3.05) is 6.61 Å². The van der Waals surface area contributed by atoms with Gasteiger partial charge in [0.1, 0.15) is 5.75 Å². The summed E-state index contributed by atoms with van der Waals surface area (Å²) < 4.78 is 5.51. The largest absolute Gasteiger partial charge is 0.493 e. The SMILES string of the molecule is Cc1cccc(C(Cl)c2ccc3c(c2)CCO3)c1Cl. The topological polar surface area (TPSA) is 9.23 Å². The maximum Gasteiger partial charge on any atom is 0.122 e. The quantitative estimate of drug-likeness (QED) is 0.715. The summed E-state index contributed by atoms with van der Waals surface area (Å²) in [5.41, 5.74) is 4.31. The minimum atomic E-state index is -0.224. The monoisotopic (exact) mass is 292 g/mol. The summed E-state index contributed by atoms with van der Waals surface area (Å²) in [5, 5.41) is 0.526. The number of alkyl halides is 1. The zero-order valence-corrected chi connectivity index (χ0v) is 12.1. The fourth-order valence-electron chi connectivity index (χ4n) is 2.41. The molecule has 1 aliphatic rings. The van der Waals surface area contributed by atoms with E-state index in [1.807, 2.05) is 37.3 Å². The molecule has 2 aromatic carbocycles. The second kappa shape index (κ2) is 5.07. The fourth-order valence-corrected chi connectivity index (χ4v) is 3.02. The molecule has 0 saturated carbocycles. The van der Waals surface area contributed by atoms with Gasteiger partial charge >= 0.3 is 0 Å². The van der Waals surface area contributed by atoms with Crippen molar-refractivity contribution >= 4 is 23.2 Å². The highest BCUT2D eigenvalue weighted by molar-refractivity contribution is 6.33. The molecule has 0 saturated heterocycles. The van der Waals surface area contributed by atoms with E-state index >= 15 is 0 Å². The maximum atomic E-state index is 6.59. The van der Waals surface area contributed by atoms with Crippen molar-refractivity contribution in [3.8, 4) is 5.75 Å². The van der Waals surface area contributed by atoms with Gasteiger partial charge in [-0.1, -0.05) is 41.9 Å². The molecule has 98 valence electrons. The lowest BCUT2D eigenvalue weighted by Gasteiger charge is -2.14. The molecule has 19 heavy (non-hydrogen) atoms. The first kappa shape index (κ1) is 12.8. The molecule has 1 heterocycles. The average molecular weight is 293 g/mol. The van der Waals surface area contributed by atoms with Gasteiger partial charge in [-0.25, -0.2) is 0 Å². The third-order valence-corrected chi connectivity index (χ3v) is 4.50. The number of hydrogen-bond donors (Lipinski definition) is 0. The second-order valence-electron chi connectivity index (χ2n) is 4.81. The lowest BCUT2D eigenvalue weighted by Crippen LogP contribution is -1.96.